The molecule has 0 bridgehead atoms. The second kappa shape index (κ2) is 10.4. The Bertz CT molecular complexity index is 1440. The van der Waals surface area contributed by atoms with Crippen molar-refractivity contribution in [2.45, 2.75) is 39.5 Å². The molecule has 1 amide bonds. The van der Waals surface area contributed by atoms with Crippen molar-refractivity contribution >= 4 is 17.6 Å². The summed E-state index contributed by atoms with van der Waals surface area (Å²) in [5.74, 6) is -0.562. The third-order valence-corrected chi connectivity index (χ3v) is 6.63. The number of nitrogens with one attached hydrogen (secondary N) is 1. The molecule has 1 aromatic heterocycles. The fourth-order valence-corrected chi connectivity index (χ4v) is 4.74. The number of aryl methyl sites for hydroxylation is 1. The van der Waals surface area contributed by atoms with Gasteiger partial charge in [-0.15, -0.1) is 0 Å². The molecule has 1 saturated carbocycles. The molecule has 1 heterocycles. The topological polar surface area (TPSA) is 73.2 Å². The maximum Gasteiger partial charge on any atom is 0.309 e. The average Bonchev–Trinajstić information content (AvgIpc) is 3.54. The Hall–Kier alpha value is -4.26. The monoisotopic (exact) mass is 497 g/mol. The van der Waals surface area contributed by atoms with E-state index >= 15 is 0 Å². The van der Waals surface area contributed by atoms with Gasteiger partial charge in [0, 0.05) is 24.1 Å². The fourth-order valence-electron chi connectivity index (χ4n) is 4.74. The summed E-state index contributed by atoms with van der Waals surface area (Å²) in [5.41, 5.74) is 4.75. The van der Waals surface area contributed by atoms with Crippen LogP contribution >= 0.6 is 0 Å². The summed E-state index contributed by atoms with van der Waals surface area (Å²) in [4.78, 5) is 24.7. The van der Waals surface area contributed by atoms with Gasteiger partial charge in [0.05, 0.1) is 11.3 Å². The molecule has 0 radical (unpaired) electrons. The minimum atomic E-state index is -0.499. The molecule has 0 atom stereocenters. The Morgan fingerprint density at radius 3 is 2.32 bits per heavy atom. The van der Waals surface area contributed by atoms with E-state index in [-0.39, 0.29) is 17.7 Å². The highest BCUT2D eigenvalue weighted by molar-refractivity contribution is 5.93. The summed E-state index contributed by atoms with van der Waals surface area (Å²) in [7, 11) is 0. The van der Waals surface area contributed by atoms with E-state index in [4.69, 9.17) is 9.84 Å². The molecule has 1 N–H and O–H groups in total. The Kier molecular flexibility index (Phi) is 6.86. The van der Waals surface area contributed by atoms with Crippen molar-refractivity contribution in [2.75, 3.05) is 5.32 Å². The summed E-state index contributed by atoms with van der Waals surface area (Å²) in [6, 6.07) is 21.1. The van der Waals surface area contributed by atoms with Crippen molar-refractivity contribution in [3.8, 4) is 34.0 Å². The zero-order chi connectivity index (χ0) is 25.9. The van der Waals surface area contributed by atoms with Crippen molar-refractivity contribution in [1.82, 2.24) is 9.78 Å². The number of hydrogen-bond acceptors (Lipinski definition) is 4. The second-order valence-electron chi connectivity index (χ2n) is 9.43. The summed E-state index contributed by atoms with van der Waals surface area (Å²) in [6.45, 7) is 3.32. The zero-order valence-electron chi connectivity index (χ0n) is 20.8. The lowest BCUT2D eigenvalue weighted by Gasteiger charge is -2.12. The number of nitrogens with zero attached hydrogens (tertiary/aromatic N) is 2. The molecule has 0 spiro atoms. The summed E-state index contributed by atoms with van der Waals surface area (Å²) in [6.07, 6.45) is 4.02. The van der Waals surface area contributed by atoms with E-state index < -0.39 is 11.8 Å². The van der Waals surface area contributed by atoms with Gasteiger partial charge in [-0.1, -0.05) is 54.8 Å². The molecule has 4 aromatic rings. The van der Waals surface area contributed by atoms with Crippen molar-refractivity contribution in [1.29, 1.82) is 0 Å². The zero-order valence-corrected chi connectivity index (χ0v) is 20.8. The second-order valence-corrected chi connectivity index (χ2v) is 9.43. The first-order valence-electron chi connectivity index (χ1n) is 12.4. The van der Waals surface area contributed by atoms with Crippen LogP contribution in [0.1, 0.15) is 38.2 Å². The number of ether oxygens (including phenoxy) is 1. The summed E-state index contributed by atoms with van der Waals surface area (Å²) >= 11 is 0. The van der Waals surface area contributed by atoms with Gasteiger partial charge in [0.25, 0.3) is 0 Å². The number of rotatable bonds is 6. The van der Waals surface area contributed by atoms with Crippen molar-refractivity contribution in [3.63, 3.8) is 0 Å². The highest BCUT2D eigenvalue weighted by atomic mass is 19.1. The van der Waals surface area contributed by atoms with Crippen LogP contribution < -0.4 is 10.1 Å². The molecule has 0 unspecified atom stereocenters. The quantitative estimate of drug-likeness (QED) is 0.301. The molecule has 0 aliphatic heterocycles. The van der Waals surface area contributed by atoms with Gasteiger partial charge in [0.15, 0.2) is 0 Å². The third-order valence-electron chi connectivity index (χ3n) is 6.63. The van der Waals surface area contributed by atoms with Gasteiger partial charge in [-0.05, 0) is 61.7 Å². The van der Waals surface area contributed by atoms with Crippen LogP contribution in [0.25, 0.3) is 28.1 Å². The number of anilines is 1. The molecule has 6 nitrogen and oxygen atoms in total. The van der Waals surface area contributed by atoms with Crippen LogP contribution in [0.15, 0.2) is 72.8 Å². The SMILES string of the molecule is CC(=O)Oc1c(-c2ccc(NC(=O)C3CCCC3)cc2)c(-c2cccc(F)c2)nn1-c1ccc(C)cc1. The molecule has 5 rings (SSSR count). The summed E-state index contributed by atoms with van der Waals surface area (Å²) in [5, 5.41) is 7.78. The molecular weight excluding hydrogens is 469 g/mol. The lowest BCUT2D eigenvalue weighted by molar-refractivity contribution is -0.132. The van der Waals surface area contributed by atoms with Gasteiger partial charge in [-0.2, -0.15) is 9.78 Å². The molecule has 1 fully saturated rings. The molecule has 1 aliphatic rings. The Morgan fingerprint density at radius 2 is 1.68 bits per heavy atom. The third kappa shape index (κ3) is 5.31. The predicted octanol–water partition coefficient (Wildman–Crippen LogP) is 6.71. The van der Waals surface area contributed by atoms with E-state index in [9.17, 15) is 14.0 Å². The number of carbonyl (C=O) groups is 2. The van der Waals surface area contributed by atoms with Gasteiger partial charge >= 0.3 is 5.97 Å². The molecule has 3 aromatic carbocycles. The van der Waals surface area contributed by atoms with Crippen LogP contribution in [0.5, 0.6) is 5.88 Å². The van der Waals surface area contributed by atoms with Gasteiger partial charge in [-0.3, -0.25) is 9.59 Å². The largest absolute Gasteiger partial charge is 0.407 e. The molecular formula is C30H28FN3O3. The first-order valence-corrected chi connectivity index (χ1v) is 12.4. The molecule has 0 saturated heterocycles. The number of benzene rings is 3. The van der Waals surface area contributed by atoms with Crippen molar-refractivity contribution in [3.05, 3.63) is 84.2 Å². The number of esters is 1. The van der Waals surface area contributed by atoms with E-state index in [0.29, 0.717) is 33.8 Å². The van der Waals surface area contributed by atoms with Crippen LogP contribution in [-0.4, -0.2) is 21.7 Å². The minimum absolute atomic E-state index is 0.0403. The van der Waals surface area contributed by atoms with Gasteiger partial charge in [0.1, 0.15) is 11.5 Å². The first kappa shape index (κ1) is 24.4. The standard InChI is InChI=1S/C30H28FN3O3/c1-19-10-16-26(17-11-19)34-30(37-20(2)35)27(28(33-34)23-8-5-9-24(31)18-23)21-12-14-25(15-13-21)32-29(36)22-6-3-4-7-22/h5,8-18,22H,3-4,6-7H2,1-2H3,(H,32,36). The average molecular weight is 498 g/mol. The highest BCUT2D eigenvalue weighted by Crippen LogP contribution is 2.41. The van der Waals surface area contributed by atoms with E-state index in [2.05, 4.69) is 5.32 Å². The Labute approximate surface area is 215 Å². The molecule has 7 heteroatoms. The molecule has 37 heavy (non-hydrogen) atoms. The van der Waals surface area contributed by atoms with Gasteiger partial charge in [-0.25, -0.2) is 4.39 Å². The van der Waals surface area contributed by atoms with Gasteiger partial charge in [0.2, 0.25) is 11.8 Å². The fraction of sp³-hybridized carbons (Fsp3) is 0.233. The molecule has 1 aliphatic carbocycles. The number of hydrogen-bond donors (Lipinski definition) is 1. The Balaban J connectivity index is 1.61. The van der Waals surface area contributed by atoms with E-state index in [0.717, 1.165) is 31.2 Å². The van der Waals surface area contributed by atoms with E-state index in [1.807, 2.05) is 55.5 Å². The van der Waals surface area contributed by atoms with Gasteiger partial charge < -0.3 is 10.1 Å². The van der Waals surface area contributed by atoms with Crippen molar-refractivity contribution in [2.24, 2.45) is 5.92 Å². The van der Waals surface area contributed by atoms with E-state index in [1.165, 1.54) is 19.1 Å². The number of amides is 1. The number of carbonyl (C=O) groups excluding carboxylic acids is 2. The summed E-state index contributed by atoms with van der Waals surface area (Å²) < 4.78 is 21.5. The van der Waals surface area contributed by atoms with E-state index in [1.54, 1.807) is 16.8 Å². The normalized spacial score (nSPS) is 13.5. The maximum atomic E-state index is 14.2. The van der Waals surface area contributed by atoms with Crippen LogP contribution in [-0.2, 0) is 9.59 Å². The first-order chi connectivity index (χ1) is 17.9. The lowest BCUT2D eigenvalue weighted by Crippen LogP contribution is -2.20. The molecule has 188 valence electrons. The number of aromatic nitrogens is 2. The predicted molar refractivity (Wildman–Crippen MR) is 141 cm³/mol. The van der Waals surface area contributed by atoms with Crippen LogP contribution in [0.4, 0.5) is 10.1 Å². The van der Waals surface area contributed by atoms with Crippen LogP contribution in [0, 0.1) is 18.7 Å². The number of halogens is 1. The van der Waals surface area contributed by atoms with Crippen LogP contribution in [0.3, 0.4) is 0 Å². The van der Waals surface area contributed by atoms with Crippen molar-refractivity contribution < 1.29 is 18.7 Å². The lowest BCUT2D eigenvalue weighted by atomic mass is 10.0. The van der Waals surface area contributed by atoms with Crippen LogP contribution in [0.2, 0.25) is 0 Å². The highest BCUT2D eigenvalue weighted by Gasteiger charge is 2.26. The maximum absolute atomic E-state index is 14.2. The minimum Gasteiger partial charge on any atom is -0.407 e. The Morgan fingerprint density at radius 1 is 0.973 bits per heavy atom. The smallest absolute Gasteiger partial charge is 0.309 e.